The van der Waals surface area contributed by atoms with Crippen molar-refractivity contribution in [1.82, 2.24) is 10.2 Å². The van der Waals surface area contributed by atoms with E-state index in [2.05, 4.69) is 51.8 Å². The molecular weight excluding hydrogens is 204 g/mol. The fourth-order valence-corrected chi connectivity index (χ4v) is 2.15. The van der Waals surface area contributed by atoms with Crippen molar-refractivity contribution in [3.05, 3.63) is 0 Å². The van der Waals surface area contributed by atoms with Crippen molar-refractivity contribution < 1.29 is 0 Å². The van der Waals surface area contributed by atoms with Crippen molar-refractivity contribution in [1.29, 1.82) is 0 Å². The molecule has 0 aliphatic carbocycles. The number of nitrogens with zero attached hydrogens (tertiary/aromatic N) is 1. The Balaban J connectivity index is 4.54. The maximum absolute atomic E-state index is 5.45. The maximum Gasteiger partial charge on any atom is 0.169 e. The summed E-state index contributed by atoms with van der Waals surface area (Å²) in [6.45, 7) is 13.1. The topological polar surface area (TPSA) is 15.3 Å². The zero-order valence-corrected chi connectivity index (χ0v) is 11.8. The molecule has 0 saturated carbocycles. The Morgan fingerprint density at radius 2 is 1.47 bits per heavy atom. The highest BCUT2D eigenvalue weighted by Gasteiger charge is 2.20. The van der Waals surface area contributed by atoms with Gasteiger partial charge >= 0.3 is 0 Å². The number of hydrogen-bond donors (Lipinski definition) is 1. The third kappa shape index (κ3) is 4.83. The number of thiocarbonyl (C=S) groups is 1. The summed E-state index contributed by atoms with van der Waals surface area (Å²) in [6, 6.07) is 1.44. The largest absolute Gasteiger partial charge is 0.360 e. The van der Waals surface area contributed by atoms with Crippen LogP contribution in [0, 0.1) is 0 Å². The van der Waals surface area contributed by atoms with Gasteiger partial charge in [-0.15, -0.1) is 0 Å². The molecule has 0 spiro atoms. The van der Waals surface area contributed by atoms with E-state index in [9.17, 15) is 0 Å². The number of rotatable bonds is 5. The van der Waals surface area contributed by atoms with Crippen LogP contribution in [0.5, 0.6) is 0 Å². The lowest BCUT2D eigenvalue weighted by Gasteiger charge is -2.37. The first-order valence-electron chi connectivity index (χ1n) is 6.02. The predicted octanol–water partition coefficient (Wildman–Crippen LogP) is 3.17. The third-order valence-corrected chi connectivity index (χ3v) is 3.11. The van der Waals surface area contributed by atoms with Crippen LogP contribution < -0.4 is 5.32 Å². The molecule has 0 bridgehead atoms. The Kier molecular flexibility index (Phi) is 6.90. The highest BCUT2D eigenvalue weighted by atomic mass is 32.1. The molecule has 0 saturated heterocycles. The molecule has 0 radical (unpaired) electrons. The van der Waals surface area contributed by atoms with Gasteiger partial charge < -0.3 is 10.2 Å². The highest BCUT2D eigenvalue weighted by molar-refractivity contribution is 7.80. The standard InChI is InChI=1S/C12H26N2S/c1-7-10(5)14(11(6)8-2)12(15)13-9(3)4/h9-11H,7-8H2,1-6H3,(H,13,15). The van der Waals surface area contributed by atoms with Gasteiger partial charge in [0.25, 0.3) is 0 Å². The van der Waals surface area contributed by atoms with E-state index in [4.69, 9.17) is 12.2 Å². The summed E-state index contributed by atoms with van der Waals surface area (Å²) in [5.41, 5.74) is 0. The summed E-state index contributed by atoms with van der Waals surface area (Å²) >= 11 is 5.45. The Labute approximate surface area is 100 Å². The minimum absolute atomic E-state index is 0.410. The van der Waals surface area contributed by atoms with Crippen LogP contribution in [-0.4, -0.2) is 28.1 Å². The number of hydrogen-bond acceptors (Lipinski definition) is 1. The van der Waals surface area contributed by atoms with Gasteiger partial charge in [0.1, 0.15) is 0 Å². The molecule has 0 aromatic carbocycles. The summed E-state index contributed by atoms with van der Waals surface area (Å²) in [5.74, 6) is 0. The molecule has 0 aromatic heterocycles. The Hall–Kier alpha value is -0.310. The van der Waals surface area contributed by atoms with Crippen LogP contribution in [0.4, 0.5) is 0 Å². The first-order chi connectivity index (χ1) is 6.93. The molecule has 2 atom stereocenters. The molecule has 15 heavy (non-hydrogen) atoms. The van der Waals surface area contributed by atoms with E-state index < -0.39 is 0 Å². The summed E-state index contributed by atoms with van der Waals surface area (Å²) in [6.07, 6.45) is 2.26. The highest BCUT2D eigenvalue weighted by Crippen LogP contribution is 2.12. The zero-order valence-electron chi connectivity index (χ0n) is 11.0. The van der Waals surface area contributed by atoms with E-state index in [-0.39, 0.29) is 0 Å². The lowest BCUT2D eigenvalue weighted by atomic mass is 10.1. The second kappa shape index (κ2) is 7.04. The van der Waals surface area contributed by atoms with Crippen LogP contribution >= 0.6 is 12.2 Å². The van der Waals surface area contributed by atoms with Crippen molar-refractivity contribution in [3.8, 4) is 0 Å². The van der Waals surface area contributed by atoms with Gasteiger partial charge in [0.05, 0.1) is 0 Å². The summed E-state index contributed by atoms with van der Waals surface area (Å²) < 4.78 is 0. The zero-order chi connectivity index (χ0) is 12.0. The van der Waals surface area contributed by atoms with Gasteiger partial charge in [-0.1, -0.05) is 13.8 Å². The molecule has 2 nitrogen and oxygen atoms in total. The lowest BCUT2D eigenvalue weighted by Crippen LogP contribution is -2.50. The fraction of sp³-hybridized carbons (Fsp3) is 0.917. The molecule has 0 rings (SSSR count). The smallest absolute Gasteiger partial charge is 0.169 e. The van der Waals surface area contributed by atoms with E-state index in [1.54, 1.807) is 0 Å². The Morgan fingerprint density at radius 3 is 1.73 bits per heavy atom. The molecule has 0 amide bonds. The number of nitrogens with one attached hydrogen (secondary N) is 1. The van der Waals surface area contributed by atoms with Gasteiger partial charge in [-0.05, 0) is 52.8 Å². The molecule has 90 valence electrons. The Bertz CT molecular complexity index is 182. The van der Waals surface area contributed by atoms with Gasteiger partial charge in [0.2, 0.25) is 0 Å². The first kappa shape index (κ1) is 14.7. The van der Waals surface area contributed by atoms with Crippen LogP contribution in [0.2, 0.25) is 0 Å². The monoisotopic (exact) mass is 230 g/mol. The quantitative estimate of drug-likeness (QED) is 0.730. The van der Waals surface area contributed by atoms with Gasteiger partial charge in [-0.2, -0.15) is 0 Å². The van der Waals surface area contributed by atoms with Crippen LogP contribution in [0.25, 0.3) is 0 Å². The SMILES string of the molecule is CCC(C)N(C(=S)NC(C)C)C(C)CC. The van der Waals surface area contributed by atoms with Crippen molar-refractivity contribution >= 4 is 17.3 Å². The molecule has 0 aliphatic heterocycles. The van der Waals surface area contributed by atoms with Crippen LogP contribution in [0.1, 0.15) is 54.4 Å². The molecule has 0 fully saturated rings. The normalized spacial score (nSPS) is 14.9. The van der Waals surface area contributed by atoms with E-state index in [1.807, 2.05) is 0 Å². The minimum Gasteiger partial charge on any atom is -0.360 e. The van der Waals surface area contributed by atoms with Crippen molar-refractivity contribution in [3.63, 3.8) is 0 Å². The van der Waals surface area contributed by atoms with Crippen LogP contribution in [-0.2, 0) is 0 Å². The molecule has 0 aromatic rings. The maximum atomic E-state index is 5.45. The molecule has 0 heterocycles. The third-order valence-electron chi connectivity index (χ3n) is 2.78. The van der Waals surface area contributed by atoms with E-state index in [0.29, 0.717) is 18.1 Å². The molecular formula is C12H26N2S. The first-order valence-corrected chi connectivity index (χ1v) is 6.43. The van der Waals surface area contributed by atoms with Gasteiger partial charge in [-0.3, -0.25) is 0 Å². The van der Waals surface area contributed by atoms with E-state index >= 15 is 0 Å². The van der Waals surface area contributed by atoms with Gasteiger partial charge in [0.15, 0.2) is 5.11 Å². The van der Waals surface area contributed by atoms with Crippen molar-refractivity contribution in [2.75, 3.05) is 0 Å². The summed E-state index contributed by atoms with van der Waals surface area (Å²) in [7, 11) is 0. The minimum atomic E-state index is 0.410. The van der Waals surface area contributed by atoms with Crippen LogP contribution in [0.15, 0.2) is 0 Å². The lowest BCUT2D eigenvalue weighted by molar-refractivity contribution is 0.246. The van der Waals surface area contributed by atoms with Crippen molar-refractivity contribution in [2.24, 2.45) is 0 Å². The van der Waals surface area contributed by atoms with Gasteiger partial charge in [-0.25, -0.2) is 0 Å². The summed E-state index contributed by atoms with van der Waals surface area (Å²) in [4.78, 5) is 2.33. The molecule has 3 heteroatoms. The second-order valence-corrected chi connectivity index (χ2v) is 4.91. The molecule has 0 aliphatic rings. The van der Waals surface area contributed by atoms with Gasteiger partial charge in [0, 0.05) is 18.1 Å². The molecule has 1 N–H and O–H groups in total. The average Bonchev–Trinajstić information content (AvgIpc) is 2.16. The summed E-state index contributed by atoms with van der Waals surface area (Å²) in [5, 5.41) is 4.23. The predicted molar refractivity (Wildman–Crippen MR) is 72.2 cm³/mol. The second-order valence-electron chi connectivity index (χ2n) is 4.53. The van der Waals surface area contributed by atoms with E-state index in [1.165, 1.54) is 0 Å². The average molecular weight is 230 g/mol. The Morgan fingerprint density at radius 1 is 1.07 bits per heavy atom. The fourth-order valence-electron chi connectivity index (χ4n) is 1.55. The van der Waals surface area contributed by atoms with Crippen molar-refractivity contribution in [2.45, 2.75) is 72.5 Å². The van der Waals surface area contributed by atoms with E-state index in [0.717, 1.165) is 18.0 Å². The van der Waals surface area contributed by atoms with Crippen LogP contribution in [0.3, 0.4) is 0 Å². The molecule has 2 unspecified atom stereocenters.